The first-order valence-electron chi connectivity index (χ1n) is 5.67. The van der Waals surface area contributed by atoms with Crippen LogP contribution >= 0.6 is 11.3 Å². The highest BCUT2D eigenvalue weighted by Crippen LogP contribution is 2.19. The van der Waals surface area contributed by atoms with Gasteiger partial charge in [-0.15, -0.1) is 11.3 Å². The molecule has 0 aliphatic carbocycles. The molecule has 0 unspecified atom stereocenters. The number of nitrogens with one attached hydrogen (secondary N) is 1. The Morgan fingerprint density at radius 1 is 1.42 bits per heavy atom. The molecule has 2 rings (SSSR count). The molecule has 0 fully saturated rings. The maximum Gasteiger partial charge on any atom is 0.337 e. The molecule has 0 aliphatic rings. The number of carbonyl (C=O) groups excluding carboxylic acids is 1. The fourth-order valence-electron chi connectivity index (χ4n) is 1.61. The molecular formula is C13H12N2O3S. The van der Waals surface area contributed by atoms with Crippen molar-refractivity contribution in [2.75, 3.05) is 5.32 Å². The summed E-state index contributed by atoms with van der Waals surface area (Å²) in [5.41, 5.74) is 3.10. The fourth-order valence-corrected chi connectivity index (χ4v) is 2.14. The van der Waals surface area contributed by atoms with Gasteiger partial charge in [-0.05, 0) is 24.1 Å². The Hall–Kier alpha value is -2.21. The number of aromatic nitrogens is 1. The van der Waals surface area contributed by atoms with Crippen LogP contribution in [0.3, 0.4) is 0 Å². The van der Waals surface area contributed by atoms with Gasteiger partial charge in [0.25, 0.3) is 5.91 Å². The molecule has 1 aromatic carbocycles. The van der Waals surface area contributed by atoms with Crippen LogP contribution in [-0.4, -0.2) is 22.0 Å². The Bertz CT molecular complexity index is 608. The highest BCUT2D eigenvalue weighted by Gasteiger charge is 2.15. The topological polar surface area (TPSA) is 79.3 Å². The van der Waals surface area contributed by atoms with Crippen molar-refractivity contribution in [1.82, 2.24) is 4.98 Å². The monoisotopic (exact) mass is 276 g/mol. The van der Waals surface area contributed by atoms with Crippen LogP contribution in [0.25, 0.3) is 0 Å². The van der Waals surface area contributed by atoms with E-state index in [1.54, 1.807) is 29.1 Å². The summed E-state index contributed by atoms with van der Waals surface area (Å²) in [6.45, 7) is 1.94. The molecule has 2 aromatic rings. The van der Waals surface area contributed by atoms with Gasteiger partial charge in [0.2, 0.25) is 0 Å². The summed E-state index contributed by atoms with van der Waals surface area (Å²) in [6, 6.07) is 4.97. The minimum absolute atomic E-state index is 0.0860. The highest BCUT2D eigenvalue weighted by molar-refractivity contribution is 7.07. The minimum Gasteiger partial charge on any atom is -0.478 e. The van der Waals surface area contributed by atoms with Gasteiger partial charge in [0.05, 0.1) is 16.8 Å². The molecule has 19 heavy (non-hydrogen) atoms. The van der Waals surface area contributed by atoms with Crippen molar-refractivity contribution >= 4 is 28.9 Å². The molecule has 0 radical (unpaired) electrons. The Morgan fingerprint density at radius 2 is 2.21 bits per heavy atom. The average molecular weight is 276 g/mol. The molecule has 2 N–H and O–H groups in total. The zero-order chi connectivity index (χ0) is 13.8. The number of benzene rings is 1. The number of carboxylic acids is 1. The number of anilines is 1. The second kappa shape index (κ2) is 5.62. The van der Waals surface area contributed by atoms with Crippen LogP contribution in [0.5, 0.6) is 0 Å². The lowest BCUT2D eigenvalue weighted by Gasteiger charge is -2.08. The van der Waals surface area contributed by atoms with Crippen LogP contribution in [-0.2, 0) is 6.42 Å². The van der Waals surface area contributed by atoms with Gasteiger partial charge < -0.3 is 10.4 Å². The third-order valence-corrected chi connectivity index (χ3v) is 3.22. The maximum atomic E-state index is 11.8. The van der Waals surface area contributed by atoms with Crippen LogP contribution in [0.2, 0.25) is 0 Å². The first kappa shape index (κ1) is 13.2. The number of hydrogen-bond acceptors (Lipinski definition) is 4. The molecule has 1 heterocycles. The second-order valence-electron chi connectivity index (χ2n) is 3.87. The summed E-state index contributed by atoms with van der Waals surface area (Å²) in [5.74, 6) is -1.48. The molecule has 5 nitrogen and oxygen atoms in total. The number of amides is 1. The standard InChI is InChI=1S/C13H12N2O3S/c1-2-8-3-4-10(9(5-8)13(17)18)15-12(16)11-6-19-7-14-11/h3-7H,2H2,1H3,(H,15,16)(H,17,18). The minimum atomic E-state index is -1.07. The molecule has 0 aliphatic heterocycles. The zero-order valence-corrected chi connectivity index (χ0v) is 11.0. The van der Waals surface area contributed by atoms with E-state index in [9.17, 15) is 9.59 Å². The normalized spacial score (nSPS) is 10.2. The Balaban J connectivity index is 2.29. The third kappa shape index (κ3) is 2.97. The maximum absolute atomic E-state index is 11.8. The first-order chi connectivity index (χ1) is 9.11. The Morgan fingerprint density at radius 3 is 2.79 bits per heavy atom. The summed E-state index contributed by atoms with van der Waals surface area (Å²) in [7, 11) is 0. The fraction of sp³-hybridized carbons (Fsp3) is 0.154. The van der Waals surface area contributed by atoms with Crippen LogP contribution in [0.15, 0.2) is 29.1 Å². The quantitative estimate of drug-likeness (QED) is 0.899. The van der Waals surface area contributed by atoms with E-state index in [0.29, 0.717) is 0 Å². The number of hydrogen-bond donors (Lipinski definition) is 2. The lowest BCUT2D eigenvalue weighted by atomic mass is 10.1. The Kier molecular flexibility index (Phi) is 3.91. The number of rotatable bonds is 4. The molecule has 6 heteroatoms. The van der Waals surface area contributed by atoms with E-state index in [4.69, 9.17) is 5.11 Å². The summed E-state index contributed by atoms with van der Waals surface area (Å²) in [5, 5.41) is 13.3. The van der Waals surface area contributed by atoms with Crippen molar-refractivity contribution in [2.45, 2.75) is 13.3 Å². The lowest BCUT2D eigenvalue weighted by molar-refractivity contribution is 0.0698. The second-order valence-corrected chi connectivity index (χ2v) is 4.59. The largest absolute Gasteiger partial charge is 0.478 e. The number of carbonyl (C=O) groups is 2. The van der Waals surface area contributed by atoms with Crippen LogP contribution in [0.1, 0.15) is 33.3 Å². The summed E-state index contributed by atoms with van der Waals surface area (Å²) in [6.07, 6.45) is 0.737. The zero-order valence-electron chi connectivity index (χ0n) is 10.2. The van der Waals surface area contributed by atoms with Gasteiger partial charge >= 0.3 is 5.97 Å². The van der Waals surface area contributed by atoms with Crippen molar-refractivity contribution in [3.05, 3.63) is 45.9 Å². The van der Waals surface area contributed by atoms with Gasteiger partial charge in [0.1, 0.15) is 5.69 Å². The molecule has 0 spiro atoms. The number of aryl methyl sites for hydroxylation is 1. The first-order valence-corrected chi connectivity index (χ1v) is 6.62. The number of carboxylic acid groups (broad SMARTS) is 1. The molecule has 0 saturated carbocycles. The van der Waals surface area contributed by atoms with Crippen molar-refractivity contribution in [3.63, 3.8) is 0 Å². The third-order valence-electron chi connectivity index (χ3n) is 2.64. The van der Waals surface area contributed by atoms with E-state index in [1.807, 2.05) is 6.92 Å². The van der Waals surface area contributed by atoms with Crippen molar-refractivity contribution in [3.8, 4) is 0 Å². The van der Waals surface area contributed by atoms with Gasteiger partial charge in [-0.3, -0.25) is 4.79 Å². The van der Waals surface area contributed by atoms with Crippen LogP contribution in [0.4, 0.5) is 5.69 Å². The number of thiazole rings is 1. The molecule has 0 atom stereocenters. The number of nitrogens with zero attached hydrogens (tertiary/aromatic N) is 1. The van der Waals surface area contributed by atoms with Crippen molar-refractivity contribution < 1.29 is 14.7 Å². The molecule has 98 valence electrons. The predicted octanol–water partition coefficient (Wildman–Crippen LogP) is 2.66. The van der Waals surface area contributed by atoms with Crippen LogP contribution < -0.4 is 5.32 Å². The van der Waals surface area contributed by atoms with E-state index in [0.717, 1.165) is 12.0 Å². The van der Waals surface area contributed by atoms with E-state index in [-0.39, 0.29) is 16.9 Å². The van der Waals surface area contributed by atoms with Gasteiger partial charge in [-0.1, -0.05) is 13.0 Å². The van der Waals surface area contributed by atoms with Crippen molar-refractivity contribution in [2.24, 2.45) is 0 Å². The van der Waals surface area contributed by atoms with Crippen molar-refractivity contribution in [1.29, 1.82) is 0 Å². The summed E-state index contributed by atoms with van der Waals surface area (Å²) < 4.78 is 0. The van der Waals surface area contributed by atoms with E-state index >= 15 is 0 Å². The van der Waals surface area contributed by atoms with E-state index < -0.39 is 11.9 Å². The van der Waals surface area contributed by atoms with Gasteiger partial charge in [0, 0.05) is 5.38 Å². The molecule has 1 aromatic heterocycles. The molecular weight excluding hydrogens is 264 g/mol. The smallest absolute Gasteiger partial charge is 0.337 e. The highest BCUT2D eigenvalue weighted by atomic mass is 32.1. The van der Waals surface area contributed by atoms with E-state index in [2.05, 4.69) is 10.3 Å². The van der Waals surface area contributed by atoms with E-state index in [1.165, 1.54) is 11.3 Å². The summed E-state index contributed by atoms with van der Waals surface area (Å²) >= 11 is 1.31. The molecule has 0 bridgehead atoms. The molecule has 0 saturated heterocycles. The molecule has 1 amide bonds. The van der Waals surface area contributed by atoms with Gasteiger partial charge in [-0.25, -0.2) is 9.78 Å². The Labute approximate surface area is 113 Å². The SMILES string of the molecule is CCc1ccc(NC(=O)c2cscn2)c(C(=O)O)c1. The predicted molar refractivity (Wildman–Crippen MR) is 72.8 cm³/mol. The van der Waals surface area contributed by atoms with Crippen LogP contribution in [0, 0.1) is 0 Å². The summed E-state index contributed by atoms with van der Waals surface area (Å²) in [4.78, 5) is 26.9. The average Bonchev–Trinajstić information content (AvgIpc) is 2.92. The van der Waals surface area contributed by atoms with Gasteiger partial charge in [0.15, 0.2) is 0 Å². The van der Waals surface area contributed by atoms with Gasteiger partial charge in [-0.2, -0.15) is 0 Å². The lowest BCUT2D eigenvalue weighted by Crippen LogP contribution is -2.15. The number of aromatic carboxylic acids is 1.